The van der Waals surface area contributed by atoms with E-state index in [0.717, 1.165) is 22.0 Å². The van der Waals surface area contributed by atoms with Crippen LogP contribution in [0.5, 0.6) is 0 Å². The van der Waals surface area contributed by atoms with Gasteiger partial charge in [-0.25, -0.2) is 4.98 Å². The van der Waals surface area contributed by atoms with Crippen LogP contribution in [0.4, 0.5) is 0 Å². The Labute approximate surface area is 308 Å². The first-order valence-corrected chi connectivity index (χ1v) is 18.4. The van der Waals surface area contributed by atoms with Gasteiger partial charge in [0.05, 0.1) is 19.1 Å². The van der Waals surface area contributed by atoms with Crippen molar-refractivity contribution in [3.8, 4) is 0 Å². The minimum absolute atomic E-state index is 0.0699. The number of nitrogens with zero attached hydrogens (tertiary/aromatic N) is 4. The number of aromatic nitrogens is 2. The SMILES string of the molecule is CC(C)C[C@@H]1NC(=O)CN(Cc2ccccc2)CCN(C)C(=O)[C@H](C)NC(=O)CN(C)C(=O)[C@@H](Cc2c[nH]c3ccccc23)NC(=O)c2csc1n2. The highest BCUT2D eigenvalue weighted by Gasteiger charge is 2.30. The molecule has 3 heterocycles. The van der Waals surface area contributed by atoms with E-state index < -0.39 is 35.8 Å². The molecular formula is C38H48N8O5S. The minimum atomic E-state index is -1.03. The van der Waals surface area contributed by atoms with Gasteiger partial charge in [0.15, 0.2) is 0 Å². The predicted molar refractivity (Wildman–Crippen MR) is 200 cm³/mol. The van der Waals surface area contributed by atoms with Gasteiger partial charge in [-0.2, -0.15) is 0 Å². The highest BCUT2D eigenvalue weighted by Crippen LogP contribution is 2.25. The molecule has 0 unspecified atom stereocenters. The average molecular weight is 729 g/mol. The summed E-state index contributed by atoms with van der Waals surface area (Å²) in [6, 6.07) is 15.1. The Morgan fingerprint density at radius 2 is 1.54 bits per heavy atom. The largest absolute Gasteiger partial charge is 0.361 e. The summed E-state index contributed by atoms with van der Waals surface area (Å²) in [7, 11) is 3.15. The molecule has 13 nitrogen and oxygen atoms in total. The second-order valence-electron chi connectivity index (χ2n) is 13.8. The van der Waals surface area contributed by atoms with Crippen LogP contribution >= 0.6 is 11.3 Å². The number of carbonyl (C=O) groups is 5. The van der Waals surface area contributed by atoms with E-state index in [1.54, 1.807) is 25.5 Å². The van der Waals surface area contributed by atoms with E-state index in [4.69, 9.17) is 0 Å². The molecule has 1 aliphatic heterocycles. The fraction of sp³-hybridized carbons (Fsp3) is 0.421. The van der Waals surface area contributed by atoms with Gasteiger partial charge in [0.2, 0.25) is 23.6 Å². The van der Waals surface area contributed by atoms with Gasteiger partial charge in [0, 0.05) is 62.6 Å². The van der Waals surface area contributed by atoms with Crippen molar-refractivity contribution < 1.29 is 24.0 Å². The zero-order valence-corrected chi connectivity index (χ0v) is 31.2. The molecule has 1 aliphatic rings. The number of benzene rings is 2. The number of nitrogens with one attached hydrogen (secondary N) is 4. The van der Waals surface area contributed by atoms with Crippen molar-refractivity contribution in [1.29, 1.82) is 0 Å². The number of likely N-dealkylation sites (N-methyl/N-ethyl adjacent to an activating group) is 2. The van der Waals surface area contributed by atoms with E-state index in [2.05, 4.69) is 39.8 Å². The number of aromatic amines is 1. The van der Waals surface area contributed by atoms with E-state index in [1.165, 1.54) is 28.2 Å². The maximum atomic E-state index is 13.9. The summed E-state index contributed by atoms with van der Waals surface area (Å²) >= 11 is 1.28. The molecule has 0 radical (unpaired) electrons. The first kappa shape index (κ1) is 38.2. The van der Waals surface area contributed by atoms with Gasteiger partial charge >= 0.3 is 0 Å². The van der Waals surface area contributed by atoms with Gasteiger partial charge in [-0.15, -0.1) is 11.3 Å². The van der Waals surface area contributed by atoms with Crippen molar-refractivity contribution in [3.63, 3.8) is 0 Å². The van der Waals surface area contributed by atoms with Crippen LogP contribution in [0.25, 0.3) is 10.9 Å². The van der Waals surface area contributed by atoms with E-state index in [9.17, 15) is 24.0 Å². The highest BCUT2D eigenvalue weighted by molar-refractivity contribution is 7.09. The Hall–Kier alpha value is -5.08. The maximum absolute atomic E-state index is 13.9. The van der Waals surface area contributed by atoms with Gasteiger partial charge in [0.1, 0.15) is 22.8 Å². The first-order chi connectivity index (χ1) is 24.9. The third-order valence-corrected chi connectivity index (χ3v) is 10.0. The predicted octanol–water partition coefficient (Wildman–Crippen LogP) is 3.11. The Bertz CT molecular complexity index is 1870. The molecule has 2 aromatic carbocycles. The molecular weight excluding hydrogens is 681 g/mol. The summed E-state index contributed by atoms with van der Waals surface area (Å²) < 4.78 is 0. The fourth-order valence-corrected chi connectivity index (χ4v) is 7.20. The second-order valence-corrected chi connectivity index (χ2v) is 14.7. The number of hydrogen-bond donors (Lipinski definition) is 4. The molecule has 276 valence electrons. The third-order valence-electron chi connectivity index (χ3n) is 9.05. The summed E-state index contributed by atoms with van der Waals surface area (Å²) in [4.78, 5) is 80.4. The Balaban J connectivity index is 1.45. The Morgan fingerprint density at radius 1 is 0.827 bits per heavy atom. The normalized spacial score (nSPS) is 20.8. The number of H-pyrrole nitrogens is 1. The lowest BCUT2D eigenvalue weighted by Gasteiger charge is -2.28. The van der Waals surface area contributed by atoms with Crippen molar-refractivity contribution in [3.05, 3.63) is 88.0 Å². The van der Waals surface area contributed by atoms with Gasteiger partial charge in [-0.05, 0) is 36.5 Å². The number of carbonyl (C=O) groups excluding carboxylic acids is 5. The summed E-state index contributed by atoms with van der Waals surface area (Å²) in [5.74, 6) is -1.84. The van der Waals surface area contributed by atoms with Crippen molar-refractivity contribution in [2.45, 2.75) is 58.3 Å². The molecule has 0 spiro atoms. The Morgan fingerprint density at radius 3 is 2.29 bits per heavy atom. The number of thiazole rings is 1. The van der Waals surface area contributed by atoms with Crippen molar-refractivity contribution in [1.82, 2.24) is 40.6 Å². The molecule has 4 N–H and O–H groups in total. The van der Waals surface area contributed by atoms with Crippen LogP contribution in [0, 0.1) is 5.92 Å². The van der Waals surface area contributed by atoms with Crippen LogP contribution in [-0.4, -0.2) is 107 Å². The number of para-hydroxylation sites is 1. The summed E-state index contributed by atoms with van der Waals surface area (Å²) in [5, 5.41) is 11.9. The van der Waals surface area contributed by atoms with Crippen LogP contribution < -0.4 is 16.0 Å². The zero-order chi connectivity index (χ0) is 37.4. The average Bonchev–Trinajstić information content (AvgIpc) is 3.77. The lowest BCUT2D eigenvalue weighted by molar-refractivity contribution is -0.138. The molecule has 2 bridgehead atoms. The number of fused-ring (bicyclic) bond motifs is 3. The fourth-order valence-electron chi connectivity index (χ4n) is 6.34. The van der Waals surface area contributed by atoms with Gasteiger partial charge < -0.3 is 30.7 Å². The highest BCUT2D eigenvalue weighted by atomic mass is 32.1. The standard InChI is InChI=1S/C38H48N8O5S/c1-24(2)17-30-36-43-32(23-52-36)35(49)42-31(18-27-19-39-29-14-10-9-13-28(27)29)38(51)45(5)21-33(47)40-25(3)37(50)44(4)15-16-46(22-34(48)41-30)20-26-11-7-6-8-12-26/h6-14,19,23-25,30-31,39H,15-18,20-22H2,1-5H3,(H,40,47)(H,41,48)(H,42,49)/t25-,30-,31+/m0/s1. The number of rotatable bonds is 6. The number of hydrogen-bond acceptors (Lipinski definition) is 8. The summed E-state index contributed by atoms with van der Waals surface area (Å²) in [6.45, 7) is 6.65. The van der Waals surface area contributed by atoms with Crippen LogP contribution in [0.2, 0.25) is 0 Å². The van der Waals surface area contributed by atoms with Crippen LogP contribution in [0.3, 0.4) is 0 Å². The summed E-state index contributed by atoms with van der Waals surface area (Å²) in [6.07, 6.45) is 2.56. The van der Waals surface area contributed by atoms with Crippen LogP contribution in [-0.2, 0) is 32.1 Å². The molecule has 14 heteroatoms. The van der Waals surface area contributed by atoms with Crippen LogP contribution in [0.15, 0.2) is 66.2 Å². The molecule has 0 saturated heterocycles. The van der Waals surface area contributed by atoms with Crippen LogP contribution in [0.1, 0.15) is 59.9 Å². The molecule has 2 aromatic heterocycles. The van der Waals surface area contributed by atoms with Gasteiger partial charge in [-0.1, -0.05) is 62.4 Å². The van der Waals surface area contributed by atoms with Gasteiger partial charge in [0.25, 0.3) is 5.91 Å². The first-order valence-electron chi connectivity index (χ1n) is 17.5. The second kappa shape index (κ2) is 17.4. The monoisotopic (exact) mass is 728 g/mol. The van der Waals surface area contributed by atoms with E-state index >= 15 is 0 Å². The molecule has 0 aliphatic carbocycles. The molecule has 0 saturated carbocycles. The van der Waals surface area contributed by atoms with Crippen molar-refractivity contribution in [2.75, 3.05) is 40.3 Å². The molecule has 0 fully saturated rings. The molecule has 3 atom stereocenters. The van der Waals surface area contributed by atoms with Crippen molar-refractivity contribution in [2.24, 2.45) is 5.92 Å². The quantitative estimate of drug-likeness (QED) is 0.238. The van der Waals surface area contributed by atoms with E-state index in [-0.39, 0.29) is 42.9 Å². The van der Waals surface area contributed by atoms with E-state index in [0.29, 0.717) is 31.1 Å². The lowest BCUT2D eigenvalue weighted by Crippen LogP contribution is -2.53. The number of amides is 5. The summed E-state index contributed by atoms with van der Waals surface area (Å²) in [5.41, 5.74) is 2.86. The minimum Gasteiger partial charge on any atom is -0.361 e. The third kappa shape index (κ3) is 10.0. The van der Waals surface area contributed by atoms with Crippen molar-refractivity contribution >= 4 is 51.8 Å². The molecule has 52 heavy (non-hydrogen) atoms. The maximum Gasteiger partial charge on any atom is 0.271 e. The molecule has 4 aromatic rings. The molecule has 5 amide bonds. The van der Waals surface area contributed by atoms with E-state index in [1.807, 2.05) is 59.5 Å². The smallest absolute Gasteiger partial charge is 0.271 e. The van der Waals surface area contributed by atoms with Gasteiger partial charge in [-0.3, -0.25) is 28.9 Å². The molecule has 5 rings (SSSR count). The lowest BCUT2D eigenvalue weighted by atomic mass is 10.0. The topological polar surface area (TPSA) is 160 Å². The zero-order valence-electron chi connectivity index (χ0n) is 30.3. The Kier molecular flexibility index (Phi) is 12.8.